The fourth-order valence-corrected chi connectivity index (χ4v) is 4.05. The standard InChI is InChI=1S/C21H23ClN4OS/c1-4-26-20(17-11-7-5-9-15(17)2)23-24-21(26)28-14-19(27)25(3)13-16-10-6-8-12-18(16)22/h5-12H,4,13-14H2,1-3H3. The van der Waals surface area contributed by atoms with Crippen molar-refractivity contribution in [1.29, 1.82) is 0 Å². The molecule has 0 aliphatic carbocycles. The van der Waals surface area contributed by atoms with E-state index in [-0.39, 0.29) is 5.91 Å². The molecule has 0 saturated carbocycles. The van der Waals surface area contributed by atoms with Crippen molar-refractivity contribution in [1.82, 2.24) is 19.7 Å². The molecule has 0 spiro atoms. The van der Waals surface area contributed by atoms with Crippen molar-refractivity contribution in [2.45, 2.75) is 32.1 Å². The molecule has 2 aromatic carbocycles. The van der Waals surface area contributed by atoms with Gasteiger partial charge in [0.25, 0.3) is 0 Å². The number of rotatable bonds is 7. The Labute approximate surface area is 174 Å². The van der Waals surface area contributed by atoms with Gasteiger partial charge in [-0.2, -0.15) is 0 Å². The van der Waals surface area contributed by atoms with Crippen LogP contribution < -0.4 is 0 Å². The molecule has 146 valence electrons. The van der Waals surface area contributed by atoms with Crippen molar-refractivity contribution < 1.29 is 4.79 Å². The van der Waals surface area contributed by atoms with Crippen LogP contribution in [0.4, 0.5) is 0 Å². The highest BCUT2D eigenvalue weighted by Gasteiger charge is 2.17. The van der Waals surface area contributed by atoms with Crippen LogP contribution in [0.2, 0.25) is 5.02 Å². The Bertz CT molecular complexity index is 973. The predicted octanol–water partition coefficient (Wildman–Crippen LogP) is 4.68. The van der Waals surface area contributed by atoms with Crippen molar-refractivity contribution in [2.75, 3.05) is 12.8 Å². The molecule has 7 heteroatoms. The van der Waals surface area contributed by atoms with Crippen LogP contribution in [0.5, 0.6) is 0 Å². The number of hydrogen-bond donors (Lipinski definition) is 0. The number of carbonyl (C=O) groups is 1. The van der Waals surface area contributed by atoms with E-state index in [1.165, 1.54) is 11.8 Å². The monoisotopic (exact) mass is 414 g/mol. The third-order valence-electron chi connectivity index (χ3n) is 4.53. The zero-order valence-electron chi connectivity index (χ0n) is 16.2. The molecular formula is C21H23ClN4OS. The predicted molar refractivity (Wildman–Crippen MR) is 115 cm³/mol. The summed E-state index contributed by atoms with van der Waals surface area (Å²) < 4.78 is 2.05. The molecular weight excluding hydrogens is 392 g/mol. The molecule has 1 amide bonds. The van der Waals surface area contributed by atoms with Crippen LogP contribution in [0, 0.1) is 6.92 Å². The smallest absolute Gasteiger partial charge is 0.233 e. The lowest BCUT2D eigenvalue weighted by Crippen LogP contribution is -2.28. The molecule has 0 aliphatic rings. The van der Waals surface area contributed by atoms with Gasteiger partial charge < -0.3 is 9.47 Å². The summed E-state index contributed by atoms with van der Waals surface area (Å²) >= 11 is 7.60. The van der Waals surface area contributed by atoms with E-state index in [9.17, 15) is 4.79 Å². The number of nitrogens with zero attached hydrogens (tertiary/aromatic N) is 4. The Balaban J connectivity index is 1.68. The first kappa shape index (κ1) is 20.4. The van der Waals surface area contributed by atoms with Gasteiger partial charge in [0.1, 0.15) is 0 Å². The van der Waals surface area contributed by atoms with Crippen molar-refractivity contribution in [3.05, 3.63) is 64.7 Å². The van der Waals surface area contributed by atoms with Crippen LogP contribution in [0.3, 0.4) is 0 Å². The molecule has 5 nitrogen and oxygen atoms in total. The third-order valence-corrected chi connectivity index (χ3v) is 5.86. The van der Waals surface area contributed by atoms with Crippen LogP contribution in [0.1, 0.15) is 18.1 Å². The van der Waals surface area contributed by atoms with E-state index in [1.54, 1.807) is 11.9 Å². The number of benzene rings is 2. The van der Waals surface area contributed by atoms with Crippen LogP contribution >= 0.6 is 23.4 Å². The molecule has 1 aromatic heterocycles. The highest BCUT2D eigenvalue weighted by atomic mass is 35.5. The van der Waals surface area contributed by atoms with Gasteiger partial charge in [0.2, 0.25) is 5.91 Å². The van der Waals surface area contributed by atoms with Crippen molar-refractivity contribution >= 4 is 29.3 Å². The number of aryl methyl sites for hydroxylation is 1. The largest absolute Gasteiger partial charge is 0.341 e. The molecule has 0 unspecified atom stereocenters. The van der Waals surface area contributed by atoms with E-state index >= 15 is 0 Å². The van der Waals surface area contributed by atoms with E-state index in [0.717, 1.165) is 34.2 Å². The Morgan fingerprint density at radius 3 is 2.57 bits per heavy atom. The zero-order valence-corrected chi connectivity index (χ0v) is 17.8. The summed E-state index contributed by atoms with van der Waals surface area (Å²) in [5, 5.41) is 10.1. The van der Waals surface area contributed by atoms with Gasteiger partial charge in [-0.3, -0.25) is 4.79 Å². The molecule has 0 fully saturated rings. The van der Waals surface area contributed by atoms with Crippen molar-refractivity contribution in [3.63, 3.8) is 0 Å². The topological polar surface area (TPSA) is 51.0 Å². The number of aromatic nitrogens is 3. The fourth-order valence-electron chi connectivity index (χ4n) is 2.91. The third kappa shape index (κ3) is 4.56. The number of halogens is 1. The van der Waals surface area contributed by atoms with E-state index in [1.807, 2.05) is 47.0 Å². The minimum Gasteiger partial charge on any atom is -0.341 e. The first-order valence-corrected chi connectivity index (χ1v) is 10.5. The lowest BCUT2D eigenvalue weighted by Gasteiger charge is -2.18. The normalized spacial score (nSPS) is 10.9. The molecule has 0 aliphatic heterocycles. The van der Waals surface area contributed by atoms with E-state index in [4.69, 9.17) is 11.6 Å². The van der Waals surface area contributed by atoms with E-state index in [2.05, 4.69) is 30.1 Å². The Kier molecular flexibility index (Phi) is 6.75. The van der Waals surface area contributed by atoms with Crippen LogP contribution in [0.15, 0.2) is 53.7 Å². The quantitative estimate of drug-likeness (QED) is 0.527. The second-order valence-electron chi connectivity index (χ2n) is 6.50. The number of hydrogen-bond acceptors (Lipinski definition) is 4. The van der Waals surface area contributed by atoms with Gasteiger partial charge in [-0.15, -0.1) is 10.2 Å². The Hall–Kier alpha value is -2.31. The number of amides is 1. The summed E-state index contributed by atoms with van der Waals surface area (Å²) in [4.78, 5) is 14.3. The maximum absolute atomic E-state index is 12.6. The van der Waals surface area contributed by atoms with Crippen LogP contribution in [0.25, 0.3) is 11.4 Å². The summed E-state index contributed by atoms with van der Waals surface area (Å²) in [5.41, 5.74) is 3.14. The molecule has 0 N–H and O–H groups in total. The van der Waals surface area contributed by atoms with Crippen molar-refractivity contribution in [3.8, 4) is 11.4 Å². The molecule has 0 atom stereocenters. The Morgan fingerprint density at radius 1 is 1.14 bits per heavy atom. The fraction of sp³-hybridized carbons (Fsp3) is 0.286. The highest BCUT2D eigenvalue weighted by Crippen LogP contribution is 2.26. The highest BCUT2D eigenvalue weighted by molar-refractivity contribution is 7.99. The second kappa shape index (κ2) is 9.26. The molecule has 3 aromatic rings. The van der Waals surface area contributed by atoms with Gasteiger partial charge in [0.05, 0.1) is 5.75 Å². The van der Waals surface area contributed by atoms with Gasteiger partial charge in [0.15, 0.2) is 11.0 Å². The zero-order chi connectivity index (χ0) is 20.1. The van der Waals surface area contributed by atoms with Crippen LogP contribution in [-0.4, -0.2) is 38.4 Å². The maximum Gasteiger partial charge on any atom is 0.233 e. The summed E-state index contributed by atoms with van der Waals surface area (Å²) in [7, 11) is 1.79. The van der Waals surface area contributed by atoms with Gasteiger partial charge in [-0.25, -0.2) is 0 Å². The van der Waals surface area contributed by atoms with Crippen molar-refractivity contribution in [2.24, 2.45) is 0 Å². The molecule has 28 heavy (non-hydrogen) atoms. The maximum atomic E-state index is 12.6. The molecule has 0 radical (unpaired) electrons. The van der Waals surface area contributed by atoms with E-state index in [0.29, 0.717) is 17.3 Å². The number of thioether (sulfide) groups is 1. The van der Waals surface area contributed by atoms with Gasteiger partial charge >= 0.3 is 0 Å². The second-order valence-corrected chi connectivity index (χ2v) is 7.84. The minimum absolute atomic E-state index is 0.0213. The Morgan fingerprint density at radius 2 is 1.86 bits per heavy atom. The first-order valence-electron chi connectivity index (χ1n) is 9.10. The van der Waals surface area contributed by atoms with Gasteiger partial charge in [0, 0.05) is 30.7 Å². The molecule has 0 bridgehead atoms. The van der Waals surface area contributed by atoms with E-state index < -0.39 is 0 Å². The summed E-state index contributed by atoms with van der Waals surface area (Å²) in [5.74, 6) is 1.15. The van der Waals surface area contributed by atoms with Crippen LogP contribution in [-0.2, 0) is 17.9 Å². The average molecular weight is 415 g/mol. The summed E-state index contributed by atoms with van der Waals surface area (Å²) in [6.45, 7) is 5.33. The molecule has 0 saturated heterocycles. The first-order chi connectivity index (χ1) is 13.5. The summed E-state index contributed by atoms with van der Waals surface area (Å²) in [6, 6.07) is 15.7. The SMILES string of the molecule is CCn1c(SCC(=O)N(C)Cc2ccccc2Cl)nnc1-c1ccccc1C. The van der Waals surface area contributed by atoms with Gasteiger partial charge in [-0.05, 0) is 31.0 Å². The van der Waals surface area contributed by atoms with Gasteiger partial charge in [-0.1, -0.05) is 65.8 Å². The number of carbonyl (C=O) groups excluding carboxylic acids is 1. The lowest BCUT2D eigenvalue weighted by molar-refractivity contribution is -0.127. The average Bonchev–Trinajstić information content (AvgIpc) is 3.10. The summed E-state index contributed by atoms with van der Waals surface area (Å²) in [6.07, 6.45) is 0. The minimum atomic E-state index is 0.0213. The molecule has 1 heterocycles. The lowest BCUT2D eigenvalue weighted by atomic mass is 10.1. The molecule has 3 rings (SSSR count).